The third kappa shape index (κ3) is 3.21. The minimum atomic E-state index is -3.18. The number of amides is 1. The Balaban J connectivity index is 1.71. The number of benzene rings is 2. The summed E-state index contributed by atoms with van der Waals surface area (Å²) in [7, 11) is -3.18. The van der Waals surface area contributed by atoms with Crippen LogP contribution in [0, 0.1) is 20.8 Å². The summed E-state index contributed by atoms with van der Waals surface area (Å²) >= 11 is 0. The highest BCUT2D eigenvalue weighted by atomic mass is 32.2. The number of phenolic OH excluding ortho intramolecular Hbond substituents is 1. The SMILES string of the molecule is Cc1ccc(C2c3c(-c4cc(C)cc(C)c4O)n[nH]c3C(=O)N2C2CCS(=O)(=O)C2)cc1. The van der Waals surface area contributed by atoms with Crippen LogP contribution >= 0.6 is 0 Å². The number of nitrogens with zero attached hydrogens (tertiary/aromatic N) is 2. The number of aromatic nitrogens is 2. The van der Waals surface area contributed by atoms with Gasteiger partial charge in [-0.05, 0) is 49.9 Å². The van der Waals surface area contributed by atoms with Gasteiger partial charge < -0.3 is 10.0 Å². The van der Waals surface area contributed by atoms with Crippen LogP contribution in [0.1, 0.15) is 50.8 Å². The molecule has 5 rings (SSSR count). The van der Waals surface area contributed by atoms with Crippen LogP contribution in [-0.2, 0) is 9.84 Å². The molecule has 7 nitrogen and oxygen atoms in total. The number of rotatable bonds is 3. The van der Waals surface area contributed by atoms with E-state index in [1.54, 1.807) is 4.90 Å². The van der Waals surface area contributed by atoms with Crippen LogP contribution < -0.4 is 0 Å². The van der Waals surface area contributed by atoms with Gasteiger partial charge in [0.15, 0.2) is 9.84 Å². The van der Waals surface area contributed by atoms with Gasteiger partial charge in [-0.3, -0.25) is 9.89 Å². The summed E-state index contributed by atoms with van der Waals surface area (Å²) in [4.78, 5) is 15.2. The van der Waals surface area contributed by atoms with E-state index in [9.17, 15) is 18.3 Å². The molecule has 1 amide bonds. The Labute approximate surface area is 187 Å². The minimum absolute atomic E-state index is 0.0387. The molecule has 0 saturated carbocycles. The molecule has 2 aliphatic heterocycles. The Bertz CT molecular complexity index is 1340. The van der Waals surface area contributed by atoms with Gasteiger partial charge in [0.1, 0.15) is 17.1 Å². The first-order valence-electron chi connectivity index (χ1n) is 10.6. The molecule has 0 spiro atoms. The second-order valence-electron chi connectivity index (χ2n) is 8.92. The van der Waals surface area contributed by atoms with Crippen LogP contribution in [0.2, 0.25) is 0 Å². The number of H-pyrrole nitrogens is 1. The maximum Gasteiger partial charge on any atom is 0.273 e. The monoisotopic (exact) mass is 451 g/mol. The number of phenols is 1. The first kappa shape index (κ1) is 20.8. The Hall–Kier alpha value is -3.13. The minimum Gasteiger partial charge on any atom is -0.507 e. The van der Waals surface area contributed by atoms with E-state index in [1.165, 1.54) is 0 Å². The molecule has 166 valence electrons. The molecule has 3 aromatic rings. The number of hydrogen-bond donors (Lipinski definition) is 2. The van der Waals surface area contributed by atoms with Crippen molar-refractivity contribution in [3.63, 3.8) is 0 Å². The van der Waals surface area contributed by atoms with Crippen molar-refractivity contribution >= 4 is 15.7 Å². The van der Waals surface area contributed by atoms with E-state index in [0.29, 0.717) is 28.9 Å². The van der Waals surface area contributed by atoms with Gasteiger partial charge in [0.05, 0.1) is 17.5 Å². The number of aromatic hydroxyl groups is 1. The summed E-state index contributed by atoms with van der Waals surface area (Å²) in [6, 6.07) is 10.8. The molecule has 0 bridgehead atoms. The Morgan fingerprint density at radius 2 is 1.81 bits per heavy atom. The van der Waals surface area contributed by atoms with Crippen LogP contribution in [0.15, 0.2) is 36.4 Å². The van der Waals surface area contributed by atoms with Crippen molar-refractivity contribution in [3.8, 4) is 17.0 Å². The fourth-order valence-corrected chi connectivity index (χ4v) is 6.67. The highest BCUT2D eigenvalue weighted by Gasteiger charge is 2.48. The second-order valence-corrected chi connectivity index (χ2v) is 11.2. The molecule has 0 aliphatic carbocycles. The zero-order chi connectivity index (χ0) is 22.8. The molecular weight excluding hydrogens is 426 g/mol. The number of aryl methyl sites for hydroxylation is 3. The first-order chi connectivity index (χ1) is 15.2. The lowest BCUT2D eigenvalue weighted by Crippen LogP contribution is -2.40. The largest absolute Gasteiger partial charge is 0.507 e. The van der Waals surface area contributed by atoms with Crippen molar-refractivity contribution < 1.29 is 18.3 Å². The number of aromatic amines is 1. The average Bonchev–Trinajstić information content (AvgIpc) is 3.39. The molecule has 32 heavy (non-hydrogen) atoms. The standard InChI is InChI=1S/C24H25N3O4S/c1-13-4-6-16(7-5-13)22-19-20(18-11-14(2)10-15(3)23(18)28)25-26-21(19)24(29)27(22)17-8-9-32(30,31)12-17/h4-7,10-11,17,22,28H,8-9,12H2,1-3H3,(H,25,26). The zero-order valence-electron chi connectivity index (χ0n) is 18.2. The summed E-state index contributed by atoms with van der Waals surface area (Å²) in [5.74, 6) is -0.0840. The molecule has 1 aromatic heterocycles. The van der Waals surface area contributed by atoms with E-state index in [1.807, 2.05) is 57.2 Å². The smallest absolute Gasteiger partial charge is 0.273 e. The van der Waals surface area contributed by atoms with E-state index in [-0.39, 0.29) is 23.2 Å². The Morgan fingerprint density at radius 3 is 2.47 bits per heavy atom. The van der Waals surface area contributed by atoms with Gasteiger partial charge in [-0.15, -0.1) is 0 Å². The van der Waals surface area contributed by atoms with Gasteiger partial charge in [-0.2, -0.15) is 5.10 Å². The van der Waals surface area contributed by atoms with Crippen LogP contribution in [0.25, 0.3) is 11.3 Å². The number of nitrogens with one attached hydrogen (secondary N) is 1. The lowest BCUT2D eigenvalue weighted by atomic mass is 9.93. The van der Waals surface area contributed by atoms with Crippen LogP contribution in [0.5, 0.6) is 5.75 Å². The average molecular weight is 452 g/mol. The molecule has 1 fully saturated rings. The highest BCUT2D eigenvalue weighted by molar-refractivity contribution is 7.91. The lowest BCUT2D eigenvalue weighted by molar-refractivity contribution is 0.0678. The summed E-state index contributed by atoms with van der Waals surface area (Å²) < 4.78 is 24.4. The predicted octanol–water partition coefficient (Wildman–Crippen LogP) is 3.44. The molecule has 0 radical (unpaired) electrons. The van der Waals surface area contributed by atoms with Gasteiger partial charge in [-0.1, -0.05) is 35.9 Å². The van der Waals surface area contributed by atoms with Crippen molar-refractivity contribution in [2.24, 2.45) is 0 Å². The van der Waals surface area contributed by atoms with Gasteiger partial charge in [0.2, 0.25) is 0 Å². The van der Waals surface area contributed by atoms with Crippen molar-refractivity contribution in [3.05, 3.63) is 69.9 Å². The lowest BCUT2D eigenvalue weighted by Gasteiger charge is -2.31. The Kier molecular flexibility index (Phi) is 4.67. The van der Waals surface area contributed by atoms with Gasteiger partial charge in [0, 0.05) is 17.2 Å². The van der Waals surface area contributed by atoms with Gasteiger partial charge >= 0.3 is 0 Å². The summed E-state index contributed by atoms with van der Waals surface area (Å²) in [5.41, 5.74) is 5.80. The molecule has 3 heterocycles. The number of hydrogen-bond acceptors (Lipinski definition) is 5. The fraction of sp³-hybridized carbons (Fsp3) is 0.333. The second kappa shape index (κ2) is 7.20. The topological polar surface area (TPSA) is 103 Å². The highest BCUT2D eigenvalue weighted by Crippen LogP contribution is 2.47. The van der Waals surface area contributed by atoms with Crippen LogP contribution in [0.4, 0.5) is 0 Å². The van der Waals surface area contributed by atoms with E-state index >= 15 is 0 Å². The van der Waals surface area contributed by atoms with Crippen molar-refractivity contribution in [1.29, 1.82) is 0 Å². The summed E-state index contributed by atoms with van der Waals surface area (Å²) in [6.07, 6.45) is 0.415. The fourth-order valence-electron chi connectivity index (χ4n) is 4.96. The molecular formula is C24H25N3O4S. The normalized spacial score (nSPS) is 21.8. The molecule has 2 N–H and O–H groups in total. The van der Waals surface area contributed by atoms with Gasteiger partial charge in [-0.25, -0.2) is 8.42 Å². The van der Waals surface area contributed by atoms with E-state index in [0.717, 1.165) is 22.3 Å². The van der Waals surface area contributed by atoms with E-state index < -0.39 is 21.9 Å². The van der Waals surface area contributed by atoms with Crippen molar-refractivity contribution in [2.75, 3.05) is 11.5 Å². The predicted molar refractivity (Wildman–Crippen MR) is 121 cm³/mol. The summed E-state index contributed by atoms with van der Waals surface area (Å²) in [6.45, 7) is 5.77. The first-order valence-corrected chi connectivity index (χ1v) is 12.5. The number of sulfone groups is 1. The maximum atomic E-state index is 13.5. The van der Waals surface area contributed by atoms with Crippen LogP contribution in [0.3, 0.4) is 0 Å². The van der Waals surface area contributed by atoms with E-state index in [4.69, 9.17) is 0 Å². The molecule has 1 saturated heterocycles. The number of carbonyl (C=O) groups excluding carboxylic acids is 1. The number of carbonyl (C=O) groups is 1. The number of fused-ring (bicyclic) bond motifs is 1. The quantitative estimate of drug-likeness (QED) is 0.635. The summed E-state index contributed by atoms with van der Waals surface area (Å²) in [5, 5.41) is 18.1. The third-order valence-corrected chi connectivity index (χ3v) is 8.25. The maximum absolute atomic E-state index is 13.5. The van der Waals surface area contributed by atoms with Crippen molar-refractivity contribution in [2.45, 2.75) is 39.3 Å². The Morgan fingerprint density at radius 1 is 1.09 bits per heavy atom. The molecule has 2 unspecified atom stereocenters. The van der Waals surface area contributed by atoms with Gasteiger partial charge in [0.25, 0.3) is 5.91 Å². The molecule has 2 aliphatic rings. The third-order valence-electron chi connectivity index (χ3n) is 6.50. The molecule has 2 aromatic carbocycles. The van der Waals surface area contributed by atoms with E-state index in [2.05, 4.69) is 10.2 Å². The molecule has 8 heteroatoms. The molecule has 2 atom stereocenters. The zero-order valence-corrected chi connectivity index (χ0v) is 19.0. The van der Waals surface area contributed by atoms with Crippen LogP contribution in [-0.4, -0.2) is 52.1 Å². The van der Waals surface area contributed by atoms with Crippen molar-refractivity contribution in [1.82, 2.24) is 15.1 Å².